The van der Waals surface area contributed by atoms with E-state index in [-0.39, 0.29) is 24.5 Å². The number of nitrogens with one attached hydrogen (secondary N) is 2. The fourth-order valence-corrected chi connectivity index (χ4v) is 1.69. The molecular weight excluding hydrogens is 248 g/mol. The third kappa shape index (κ3) is 5.89. The second kappa shape index (κ2) is 7.40. The van der Waals surface area contributed by atoms with Crippen LogP contribution < -0.4 is 10.6 Å². The molecule has 0 fully saturated rings. The lowest BCUT2D eigenvalue weighted by Gasteiger charge is -2.18. The molecule has 3 N–H and O–H groups in total. The summed E-state index contributed by atoms with van der Waals surface area (Å²) in [4.78, 5) is 22.3. The molecule has 0 saturated carbocycles. The molecule has 2 atom stereocenters. The number of rotatable bonds is 7. The molecule has 1 rings (SSSR count). The Labute approximate surface area is 112 Å². The normalized spacial score (nSPS) is 13.6. The van der Waals surface area contributed by atoms with Crippen molar-refractivity contribution in [3.8, 4) is 0 Å². The minimum Gasteiger partial charge on any atom is -0.481 e. The Morgan fingerprint density at radius 3 is 2.68 bits per heavy atom. The van der Waals surface area contributed by atoms with Gasteiger partial charge in [-0.3, -0.25) is 9.48 Å². The van der Waals surface area contributed by atoms with Crippen LogP contribution in [0.15, 0.2) is 18.5 Å². The highest BCUT2D eigenvalue weighted by Gasteiger charge is 2.15. The summed E-state index contributed by atoms with van der Waals surface area (Å²) in [6.45, 7) is 4.26. The summed E-state index contributed by atoms with van der Waals surface area (Å²) in [6, 6.07) is 1.01. The lowest BCUT2D eigenvalue weighted by molar-refractivity contribution is -0.137. The topological polar surface area (TPSA) is 96.3 Å². The molecule has 19 heavy (non-hydrogen) atoms. The van der Waals surface area contributed by atoms with Crippen molar-refractivity contribution in [1.82, 2.24) is 20.4 Å². The van der Waals surface area contributed by atoms with Crippen molar-refractivity contribution in [2.45, 2.75) is 45.3 Å². The molecule has 0 bridgehead atoms. The zero-order valence-electron chi connectivity index (χ0n) is 11.2. The van der Waals surface area contributed by atoms with Crippen LogP contribution in [0.1, 0.15) is 26.7 Å². The molecule has 0 spiro atoms. The average Bonchev–Trinajstić information content (AvgIpc) is 2.79. The number of aromatic nitrogens is 2. The first-order valence-electron chi connectivity index (χ1n) is 6.27. The van der Waals surface area contributed by atoms with Gasteiger partial charge in [0.25, 0.3) is 0 Å². The summed E-state index contributed by atoms with van der Waals surface area (Å²) in [6.07, 6.45) is 3.99. The summed E-state index contributed by atoms with van der Waals surface area (Å²) in [5.74, 6) is -0.920. The van der Waals surface area contributed by atoms with E-state index >= 15 is 0 Å². The molecule has 7 nitrogen and oxygen atoms in total. The highest BCUT2D eigenvalue weighted by molar-refractivity contribution is 5.75. The Bertz CT molecular complexity index is 405. The number of carboxylic acid groups (broad SMARTS) is 1. The second-order valence-electron chi connectivity index (χ2n) is 4.45. The number of aliphatic carboxylic acids is 1. The molecule has 0 aliphatic heterocycles. The molecule has 106 valence electrons. The monoisotopic (exact) mass is 268 g/mol. The second-order valence-corrected chi connectivity index (χ2v) is 4.45. The Morgan fingerprint density at radius 1 is 1.42 bits per heavy atom. The zero-order chi connectivity index (χ0) is 14.3. The third-order valence-electron chi connectivity index (χ3n) is 2.65. The molecule has 1 aromatic rings. The minimum absolute atomic E-state index is 0.0720. The number of nitrogens with zero attached hydrogens (tertiary/aromatic N) is 2. The molecule has 0 aliphatic carbocycles. The molecular formula is C12H20N4O3. The van der Waals surface area contributed by atoms with Crippen LogP contribution >= 0.6 is 0 Å². The van der Waals surface area contributed by atoms with E-state index in [4.69, 9.17) is 5.11 Å². The Kier molecular flexibility index (Phi) is 5.84. The van der Waals surface area contributed by atoms with Crippen molar-refractivity contribution in [3.63, 3.8) is 0 Å². The predicted octanol–water partition coefficient (Wildman–Crippen LogP) is 0.824. The predicted molar refractivity (Wildman–Crippen MR) is 69.7 cm³/mol. The molecule has 2 amide bonds. The van der Waals surface area contributed by atoms with Crippen molar-refractivity contribution in [2.75, 3.05) is 0 Å². The van der Waals surface area contributed by atoms with E-state index in [0.717, 1.165) is 0 Å². The van der Waals surface area contributed by atoms with Crippen LogP contribution in [0.2, 0.25) is 0 Å². The Hall–Kier alpha value is -2.05. The number of amides is 2. The van der Waals surface area contributed by atoms with Gasteiger partial charge in [0.15, 0.2) is 0 Å². The van der Waals surface area contributed by atoms with Crippen molar-refractivity contribution in [3.05, 3.63) is 18.5 Å². The number of carbonyl (C=O) groups excluding carboxylic acids is 1. The van der Waals surface area contributed by atoms with Crippen LogP contribution in [0.25, 0.3) is 0 Å². The van der Waals surface area contributed by atoms with E-state index in [1.54, 1.807) is 10.9 Å². The highest BCUT2D eigenvalue weighted by atomic mass is 16.4. The van der Waals surface area contributed by atoms with Crippen LogP contribution in [0.3, 0.4) is 0 Å². The van der Waals surface area contributed by atoms with Gasteiger partial charge in [0.05, 0.1) is 13.0 Å². The molecule has 0 saturated heterocycles. The maximum Gasteiger partial charge on any atom is 0.315 e. The summed E-state index contributed by atoms with van der Waals surface area (Å²) >= 11 is 0. The Morgan fingerprint density at radius 2 is 2.16 bits per heavy atom. The number of urea groups is 1. The van der Waals surface area contributed by atoms with Gasteiger partial charge in [0.2, 0.25) is 0 Å². The molecule has 1 aromatic heterocycles. The van der Waals surface area contributed by atoms with Crippen LogP contribution in [-0.4, -0.2) is 39.0 Å². The van der Waals surface area contributed by atoms with Gasteiger partial charge in [-0.05, 0) is 19.4 Å². The smallest absolute Gasteiger partial charge is 0.315 e. The van der Waals surface area contributed by atoms with Gasteiger partial charge in [0, 0.05) is 24.5 Å². The molecule has 2 unspecified atom stereocenters. The number of carbonyl (C=O) groups is 2. The molecule has 0 aliphatic rings. The number of hydrogen-bond acceptors (Lipinski definition) is 3. The van der Waals surface area contributed by atoms with E-state index in [1.165, 1.54) is 0 Å². The quantitative estimate of drug-likeness (QED) is 0.682. The first kappa shape index (κ1) is 15.0. The van der Waals surface area contributed by atoms with Gasteiger partial charge in [-0.1, -0.05) is 6.92 Å². The Balaban J connectivity index is 2.34. The number of hydrogen-bond donors (Lipinski definition) is 3. The molecule has 7 heteroatoms. The van der Waals surface area contributed by atoms with E-state index in [1.807, 2.05) is 26.1 Å². The van der Waals surface area contributed by atoms with Gasteiger partial charge >= 0.3 is 12.0 Å². The standard InChI is InChI=1S/C12H20N4O3/c1-3-10(7-11(17)18)15-12(19)14-9(2)8-16-6-4-5-13-16/h4-6,9-10H,3,7-8H2,1-2H3,(H,17,18)(H2,14,15,19). The van der Waals surface area contributed by atoms with E-state index in [0.29, 0.717) is 13.0 Å². The SMILES string of the molecule is CCC(CC(=O)O)NC(=O)NC(C)Cn1cccn1. The molecule has 1 heterocycles. The average molecular weight is 268 g/mol. The van der Waals surface area contributed by atoms with Gasteiger partial charge in [-0.25, -0.2) is 4.79 Å². The maximum atomic E-state index is 11.7. The first-order valence-corrected chi connectivity index (χ1v) is 6.27. The minimum atomic E-state index is -0.920. The fraction of sp³-hybridized carbons (Fsp3) is 0.583. The van der Waals surface area contributed by atoms with Crippen LogP contribution in [0, 0.1) is 0 Å². The van der Waals surface area contributed by atoms with Crippen LogP contribution in [0.4, 0.5) is 4.79 Å². The van der Waals surface area contributed by atoms with Crippen molar-refractivity contribution in [2.24, 2.45) is 0 Å². The van der Waals surface area contributed by atoms with Gasteiger partial charge < -0.3 is 15.7 Å². The van der Waals surface area contributed by atoms with Crippen LogP contribution in [0.5, 0.6) is 0 Å². The molecule has 0 aromatic carbocycles. The molecule has 0 radical (unpaired) electrons. The summed E-state index contributed by atoms with van der Waals surface area (Å²) < 4.78 is 1.72. The number of carboxylic acids is 1. The third-order valence-corrected chi connectivity index (χ3v) is 2.65. The fourth-order valence-electron chi connectivity index (χ4n) is 1.69. The van der Waals surface area contributed by atoms with Gasteiger partial charge in [-0.15, -0.1) is 0 Å². The summed E-state index contributed by atoms with van der Waals surface area (Å²) in [5, 5.41) is 18.1. The lowest BCUT2D eigenvalue weighted by atomic mass is 10.1. The largest absolute Gasteiger partial charge is 0.481 e. The van der Waals surface area contributed by atoms with Crippen molar-refractivity contribution < 1.29 is 14.7 Å². The lowest BCUT2D eigenvalue weighted by Crippen LogP contribution is -2.47. The van der Waals surface area contributed by atoms with Gasteiger partial charge in [0.1, 0.15) is 0 Å². The van der Waals surface area contributed by atoms with Gasteiger partial charge in [-0.2, -0.15) is 5.10 Å². The summed E-state index contributed by atoms with van der Waals surface area (Å²) in [5.41, 5.74) is 0. The van der Waals surface area contributed by atoms with Crippen molar-refractivity contribution in [1.29, 1.82) is 0 Å². The van der Waals surface area contributed by atoms with Crippen molar-refractivity contribution >= 4 is 12.0 Å². The first-order chi connectivity index (χ1) is 9.01. The highest BCUT2D eigenvalue weighted by Crippen LogP contribution is 1.98. The maximum absolute atomic E-state index is 11.7. The van der Waals surface area contributed by atoms with E-state index < -0.39 is 5.97 Å². The van der Waals surface area contributed by atoms with E-state index in [9.17, 15) is 9.59 Å². The summed E-state index contributed by atoms with van der Waals surface area (Å²) in [7, 11) is 0. The van der Waals surface area contributed by atoms with Crippen LogP contribution in [-0.2, 0) is 11.3 Å². The van der Waals surface area contributed by atoms with E-state index in [2.05, 4.69) is 15.7 Å². The zero-order valence-corrected chi connectivity index (χ0v) is 11.2.